The molecule has 128 valence electrons. The topological polar surface area (TPSA) is 91.8 Å². The highest BCUT2D eigenvalue weighted by molar-refractivity contribution is 7.11. The molecule has 0 aliphatic carbocycles. The molecule has 0 aliphatic heterocycles. The third kappa shape index (κ3) is 3.74. The SMILES string of the molecule is N#CC(=CNc1ccc(F)cc1[N+](=O)[O-])c1nc(-c2ccccc2)cs1. The van der Waals surface area contributed by atoms with Crippen LogP contribution >= 0.6 is 11.3 Å². The molecule has 0 unspecified atom stereocenters. The molecule has 26 heavy (non-hydrogen) atoms. The van der Waals surface area contributed by atoms with E-state index in [1.165, 1.54) is 23.6 Å². The van der Waals surface area contributed by atoms with Gasteiger partial charge in [0.2, 0.25) is 0 Å². The molecule has 0 saturated heterocycles. The first-order chi connectivity index (χ1) is 12.6. The van der Waals surface area contributed by atoms with Crippen LogP contribution in [0, 0.1) is 27.3 Å². The van der Waals surface area contributed by atoms with Gasteiger partial charge in [0.25, 0.3) is 5.69 Å². The fourth-order valence-electron chi connectivity index (χ4n) is 2.21. The van der Waals surface area contributed by atoms with Crippen LogP contribution in [-0.4, -0.2) is 9.91 Å². The van der Waals surface area contributed by atoms with Crippen molar-refractivity contribution >= 4 is 28.3 Å². The Balaban J connectivity index is 1.88. The summed E-state index contributed by atoms with van der Waals surface area (Å²) in [7, 11) is 0. The van der Waals surface area contributed by atoms with E-state index in [2.05, 4.69) is 10.3 Å². The number of nitrogens with one attached hydrogen (secondary N) is 1. The molecule has 0 fully saturated rings. The summed E-state index contributed by atoms with van der Waals surface area (Å²) in [5.74, 6) is -0.709. The van der Waals surface area contributed by atoms with E-state index in [1.807, 2.05) is 41.8 Å². The Morgan fingerprint density at radius 1 is 1.31 bits per heavy atom. The molecular weight excluding hydrogens is 355 g/mol. The first-order valence-corrected chi connectivity index (χ1v) is 8.28. The molecule has 0 bridgehead atoms. The predicted octanol–water partition coefficient (Wildman–Crippen LogP) is 4.83. The molecular formula is C18H11FN4O2S. The van der Waals surface area contributed by atoms with E-state index in [4.69, 9.17) is 0 Å². The first kappa shape index (κ1) is 17.3. The number of nitro groups is 1. The monoisotopic (exact) mass is 366 g/mol. The van der Waals surface area contributed by atoms with Crippen LogP contribution in [0.5, 0.6) is 0 Å². The lowest BCUT2D eigenvalue weighted by atomic mass is 10.2. The number of nitrogens with zero attached hydrogens (tertiary/aromatic N) is 3. The van der Waals surface area contributed by atoms with E-state index in [-0.39, 0.29) is 11.3 Å². The molecule has 2 aromatic carbocycles. The number of rotatable bonds is 5. The van der Waals surface area contributed by atoms with Gasteiger partial charge in [0, 0.05) is 17.1 Å². The second-order valence-electron chi connectivity index (χ2n) is 5.14. The van der Waals surface area contributed by atoms with Crippen molar-refractivity contribution in [2.45, 2.75) is 0 Å². The third-order valence-corrected chi connectivity index (χ3v) is 4.33. The molecule has 3 rings (SSSR count). The molecule has 8 heteroatoms. The van der Waals surface area contributed by atoms with Crippen LogP contribution < -0.4 is 5.32 Å². The Morgan fingerprint density at radius 2 is 2.08 bits per heavy atom. The van der Waals surface area contributed by atoms with Crippen molar-refractivity contribution in [3.63, 3.8) is 0 Å². The van der Waals surface area contributed by atoms with Gasteiger partial charge in [-0.3, -0.25) is 10.1 Å². The van der Waals surface area contributed by atoms with Gasteiger partial charge in [-0.25, -0.2) is 9.37 Å². The van der Waals surface area contributed by atoms with Crippen LogP contribution in [-0.2, 0) is 0 Å². The lowest BCUT2D eigenvalue weighted by molar-refractivity contribution is -0.384. The van der Waals surface area contributed by atoms with Gasteiger partial charge in [-0.1, -0.05) is 30.3 Å². The number of nitriles is 1. The van der Waals surface area contributed by atoms with Crippen molar-refractivity contribution < 1.29 is 9.31 Å². The van der Waals surface area contributed by atoms with Crippen LogP contribution in [0.25, 0.3) is 16.8 Å². The van der Waals surface area contributed by atoms with Crippen LogP contribution in [0.2, 0.25) is 0 Å². The van der Waals surface area contributed by atoms with Gasteiger partial charge in [0.1, 0.15) is 28.2 Å². The van der Waals surface area contributed by atoms with Crippen molar-refractivity contribution in [2.24, 2.45) is 0 Å². The minimum Gasteiger partial charge on any atom is -0.355 e. The summed E-state index contributed by atoms with van der Waals surface area (Å²) in [6.45, 7) is 0. The first-order valence-electron chi connectivity index (χ1n) is 7.40. The highest BCUT2D eigenvalue weighted by Crippen LogP contribution is 2.28. The third-order valence-electron chi connectivity index (χ3n) is 3.45. The average molecular weight is 366 g/mol. The van der Waals surface area contributed by atoms with E-state index in [1.54, 1.807) is 0 Å². The number of thiazole rings is 1. The minimum absolute atomic E-state index is 0.0870. The molecule has 1 N–H and O–H groups in total. The molecule has 0 atom stereocenters. The summed E-state index contributed by atoms with van der Waals surface area (Å²) in [5.41, 5.74) is 1.55. The smallest absolute Gasteiger partial charge is 0.295 e. The number of hydrogen-bond donors (Lipinski definition) is 1. The van der Waals surface area contributed by atoms with E-state index >= 15 is 0 Å². The summed E-state index contributed by atoms with van der Waals surface area (Å²) < 4.78 is 13.2. The maximum Gasteiger partial charge on any atom is 0.295 e. The summed E-state index contributed by atoms with van der Waals surface area (Å²) in [6.07, 6.45) is 1.33. The van der Waals surface area contributed by atoms with Gasteiger partial charge in [0.15, 0.2) is 0 Å². The highest BCUT2D eigenvalue weighted by atomic mass is 32.1. The molecule has 0 spiro atoms. The molecule has 0 radical (unpaired) electrons. The van der Waals surface area contributed by atoms with Gasteiger partial charge in [-0.15, -0.1) is 11.3 Å². The van der Waals surface area contributed by atoms with Crippen molar-refractivity contribution in [3.8, 4) is 17.3 Å². The van der Waals surface area contributed by atoms with E-state index in [9.17, 15) is 19.8 Å². The van der Waals surface area contributed by atoms with Crippen molar-refractivity contribution in [3.05, 3.63) is 81.1 Å². The molecule has 6 nitrogen and oxygen atoms in total. The standard InChI is InChI=1S/C18H11FN4O2S/c19-14-6-7-15(17(8-14)23(24)25)21-10-13(9-20)18-22-16(11-26-18)12-4-2-1-3-5-12/h1-8,10-11,21H. The lowest BCUT2D eigenvalue weighted by Crippen LogP contribution is -1.97. The van der Waals surface area contributed by atoms with E-state index in [0.29, 0.717) is 5.01 Å². The Kier molecular flexibility index (Phi) is 5.01. The highest BCUT2D eigenvalue weighted by Gasteiger charge is 2.15. The zero-order valence-corrected chi connectivity index (χ0v) is 14.0. The van der Waals surface area contributed by atoms with Gasteiger partial charge < -0.3 is 5.32 Å². The van der Waals surface area contributed by atoms with Gasteiger partial charge in [-0.05, 0) is 12.1 Å². The summed E-state index contributed by atoms with van der Waals surface area (Å²) >= 11 is 1.29. The summed E-state index contributed by atoms with van der Waals surface area (Å²) in [5, 5.41) is 25.4. The Labute approximate surface area is 152 Å². The number of benzene rings is 2. The number of nitro benzene ring substituents is 1. The number of allylic oxidation sites excluding steroid dienone is 1. The molecule has 1 aromatic heterocycles. The van der Waals surface area contributed by atoms with Crippen molar-refractivity contribution in [1.29, 1.82) is 5.26 Å². The molecule has 0 amide bonds. The number of hydrogen-bond acceptors (Lipinski definition) is 6. The van der Waals surface area contributed by atoms with Crippen LogP contribution in [0.3, 0.4) is 0 Å². The zero-order chi connectivity index (χ0) is 18.5. The summed E-state index contributed by atoms with van der Waals surface area (Å²) in [4.78, 5) is 14.8. The fraction of sp³-hybridized carbons (Fsp3) is 0. The summed E-state index contributed by atoms with van der Waals surface area (Å²) in [6, 6.07) is 14.7. The minimum atomic E-state index is -0.709. The van der Waals surface area contributed by atoms with Crippen LogP contribution in [0.4, 0.5) is 15.8 Å². The Morgan fingerprint density at radius 3 is 2.77 bits per heavy atom. The van der Waals surface area contributed by atoms with Crippen molar-refractivity contribution in [1.82, 2.24) is 4.98 Å². The van der Waals surface area contributed by atoms with E-state index in [0.717, 1.165) is 23.4 Å². The molecule has 0 aliphatic rings. The largest absolute Gasteiger partial charge is 0.355 e. The maximum atomic E-state index is 13.2. The van der Waals surface area contributed by atoms with Gasteiger partial charge in [-0.2, -0.15) is 5.26 Å². The van der Waals surface area contributed by atoms with Crippen LogP contribution in [0.1, 0.15) is 5.01 Å². The lowest BCUT2D eigenvalue weighted by Gasteiger charge is -2.03. The Bertz CT molecular complexity index is 1030. The van der Waals surface area contributed by atoms with E-state index < -0.39 is 16.4 Å². The Hall–Kier alpha value is -3.57. The van der Waals surface area contributed by atoms with Gasteiger partial charge in [0.05, 0.1) is 16.7 Å². The van der Waals surface area contributed by atoms with Gasteiger partial charge >= 0.3 is 0 Å². The van der Waals surface area contributed by atoms with Crippen LogP contribution in [0.15, 0.2) is 60.1 Å². The normalized spacial score (nSPS) is 11.0. The molecule has 0 saturated carbocycles. The quantitative estimate of drug-likeness (QED) is 0.396. The van der Waals surface area contributed by atoms with Crippen molar-refractivity contribution in [2.75, 3.05) is 5.32 Å². The molecule has 3 aromatic rings. The molecule has 1 heterocycles. The fourth-order valence-corrected chi connectivity index (χ4v) is 3.00. The zero-order valence-electron chi connectivity index (χ0n) is 13.2. The average Bonchev–Trinajstić information content (AvgIpc) is 3.14. The number of anilines is 1. The predicted molar refractivity (Wildman–Crippen MR) is 97.8 cm³/mol. The number of aromatic nitrogens is 1. The maximum absolute atomic E-state index is 13.2. The second-order valence-corrected chi connectivity index (χ2v) is 5.99. The number of halogens is 1. The second kappa shape index (κ2) is 7.55.